The van der Waals surface area contributed by atoms with Crippen molar-refractivity contribution in [2.24, 2.45) is 28.6 Å². The number of ether oxygens (including phenoxy) is 2. The lowest BCUT2D eigenvalue weighted by atomic mass is 9.46. The van der Waals surface area contributed by atoms with Crippen molar-refractivity contribution in [1.29, 1.82) is 0 Å². The summed E-state index contributed by atoms with van der Waals surface area (Å²) >= 11 is 0. The molecule has 7 nitrogen and oxygen atoms in total. The lowest BCUT2D eigenvalue weighted by Gasteiger charge is -2.59. The van der Waals surface area contributed by atoms with Crippen molar-refractivity contribution in [3.63, 3.8) is 0 Å². The van der Waals surface area contributed by atoms with Crippen LogP contribution in [0.25, 0.3) is 0 Å². The molecule has 0 aromatic rings. The van der Waals surface area contributed by atoms with Gasteiger partial charge < -0.3 is 14.6 Å². The van der Waals surface area contributed by atoms with Crippen molar-refractivity contribution in [1.82, 2.24) is 0 Å². The highest BCUT2D eigenvalue weighted by atomic mass is 16.6. The third-order valence-electron chi connectivity index (χ3n) is 9.46. The second kappa shape index (κ2) is 9.30. The molecule has 0 bridgehead atoms. The van der Waals surface area contributed by atoms with Crippen LogP contribution >= 0.6 is 0 Å². The van der Waals surface area contributed by atoms with Gasteiger partial charge in [0.1, 0.15) is 0 Å². The molecule has 1 unspecified atom stereocenters. The van der Waals surface area contributed by atoms with Crippen LogP contribution in [-0.2, 0) is 28.7 Å². The van der Waals surface area contributed by atoms with Gasteiger partial charge in [0.05, 0.1) is 6.10 Å². The number of allylic oxidation sites excluding steroid dienone is 4. The van der Waals surface area contributed by atoms with Gasteiger partial charge in [-0.15, -0.1) is 0 Å². The van der Waals surface area contributed by atoms with Crippen molar-refractivity contribution >= 4 is 23.5 Å². The molecular formula is C28H38O7. The number of aliphatic hydroxyl groups excluding tert-OH is 1. The van der Waals surface area contributed by atoms with Crippen LogP contribution in [-0.4, -0.2) is 46.9 Å². The molecule has 192 valence electrons. The highest BCUT2D eigenvalue weighted by Crippen LogP contribution is 2.67. The second-order valence-electron chi connectivity index (χ2n) is 11.2. The third kappa shape index (κ3) is 4.00. The summed E-state index contributed by atoms with van der Waals surface area (Å²) in [4.78, 5) is 50.3. The zero-order valence-corrected chi connectivity index (χ0v) is 21.3. The molecule has 0 heterocycles. The molecule has 7 heteroatoms. The summed E-state index contributed by atoms with van der Waals surface area (Å²) in [6.07, 6.45) is 8.40. The second-order valence-corrected chi connectivity index (χ2v) is 11.2. The summed E-state index contributed by atoms with van der Waals surface area (Å²) in [7, 11) is 0. The molecule has 0 aromatic carbocycles. The monoisotopic (exact) mass is 486 g/mol. The van der Waals surface area contributed by atoms with Crippen LogP contribution in [0.3, 0.4) is 0 Å². The summed E-state index contributed by atoms with van der Waals surface area (Å²) in [5, 5.41) is 11.6. The first-order valence-electron chi connectivity index (χ1n) is 13.1. The lowest BCUT2D eigenvalue weighted by molar-refractivity contribution is -0.201. The minimum Gasteiger partial charge on any atom is -0.457 e. The Kier molecular flexibility index (Phi) is 6.86. The number of esters is 2. The number of hydrogen-bond acceptors (Lipinski definition) is 7. The van der Waals surface area contributed by atoms with Gasteiger partial charge in [-0.3, -0.25) is 19.2 Å². The number of aliphatic hydroxyl groups is 1. The zero-order valence-electron chi connectivity index (χ0n) is 21.3. The molecule has 0 amide bonds. The predicted molar refractivity (Wildman–Crippen MR) is 128 cm³/mol. The van der Waals surface area contributed by atoms with Gasteiger partial charge in [-0.1, -0.05) is 39.3 Å². The van der Waals surface area contributed by atoms with Gasteiger partial charge in [0.25, 0.3) is 0 Å². The number of carbonyl (C=O) groups excluding carboxylic acids is 4. The first-order valence-corrected chi connectivity index (χ1v) is 13.1. The number of ketones is 2. The molecular weight excluding hydrogens is 448 g/mol. The largest absolute Gasteiger partial charge is 0.457 e. The maximum atomic E-state index is 13.7. The average molecular weight is 487 g/mol. The Hall–Kier alpha value is -2.28. The quantitative estimate of drug-likeness (QED) is 0.544. The number of Topliss-reactive ketones (excluding diaryl/α,β-unsaturated/α-hetero) is 1. The van der Waals surface area contributed by atoms with Gasteiger partial charge in [0.2, 0.25) is 5.78 Å². The molecule has 0 aliphatic heterocycles. The van der Waals surface area contributed by atoms with E-state index in [4.69, 9.17) is 9.47 Å². The standard InChI is InChI=1S/C28H38O7/c1-5-7-24(33)35-28(22(31)16-34-23(32)6-2)13-11-20-19-9-8-17-14-18(29)10-12-26(17,3)25(19)21(30)15-27(20,28)4/h10,12,14,19-21,25,30H,5-9,11,13,15-16H2,1-4H3/t19-,20-,21?,25+,26-,27-,28-/m0/s1. The van der Waals surface area contributed by atoms with Gasteiger partial charge in [-0.2, -0.15) is 0 Å². The van der Waals surface area contributed by atoms with E-state index in [1.807, 2.05) is 19.9 Å². The molecule has 3 saturated carbocycles. The van der Waals surface area contributed by atoms with Crippen molar-refractivity contribution in [2.45, 2.75) is 90.8 Å². The van der Waals surface area contributed by atoms with E-state index in [2.05, 4.69) is 6.92 Å². The van der Waals surface area contributed by atoms with Gasteiger partial charge in [0.15, 0.2) is 18.0 Å². The molecule has 3 fully saturated rings. The van der Waals surface area contributed by atoms with Crippen molar-refractivity contribution in [3.8, 4) is 0 Å². The topological polar surface area (TPSA) is 107 Å². The lowest BCUT2D eigenvalue weighted by Crippen LogP contribution is -2.63. The molecule has 0 spiro atoms. The summed E-state index contributed by atoms with van der Waals surface area (Å²) < 4.78 is 11.2. The number of rotatable bonds is 7. The molecule has 4 rings (SSSR count). The Bertz CT molecular complexity index is 980. The Morgan fingerprint density at radius 1 is 1.14 bits per heavy atom. The summed E-state index contributed by atoms with van der Waals surface area (Å²) in [5.74, 6) is -1.24. The molecule has 7 atom stereocenters. The van der Waals surface area contributed by atoms with Crippen molar-refractivity contribution < 1.29 is 33.8 Å². The van der Waals surface area contributed by atoms with Crippen LogP contribution in [0.5, 0.6) is 0 Å². The summed E-state index contributed by atoms with van der Waals surface area (Å²) in [6, 6.07) is 0. The first kappa shape index (κ1) is 25.8. The van der Waals surface area contributed by atoms with Gasteiger partial charge in [0, 0.05) is 29.6 Å². The molecule has 35 heavy (non-hydrogen) atoms. The van der Waals surface area contributed by atoms with Crippen LogP contribution in [0.15, 0.2) is 23.8 Å². The molecule has 4 aliphatic rings. The first-order chi connectivity index (χ1) is 16.5. The smallest absolute Gasteiger partial charge is 0.306 e. The van der Waals surface area contributed by atoms with E-state index >= 15 is 0 Å². The molecule has 1 N–H and O–H groups in total. The molecule has 0 aromatic heterocycles. The Morgan fingerprint density at radius 3 is 2.57 bits per heavy atom. The fourth-order valence-corrected chi connectivity index (χ4v) is 7.81. The van der Waals surface area contributed by atoms with Crippen LogP contribution in [0, 0.1) is 28.6 Å². The van der Waals surface area contributed by atoms with Gasteiger partial charge in [-0.05, 0) is 62.5 Å². The van der Waals surface area contributed by atoms with Gasteiger partial charge in [-0.25, -0.2) is 0 Å². The summed E-state index contributed by atoms with van der Waals surface area (Å²) in [5.41, 5.74) is -1.56. The van der Waals surface area contributed by atoms with Crippen molar-refractivity contribution in [2.75, 3.05) is 6.61 Å². The molecule has 4 aliphatic carbocycles. The Balaban J connectivity index is 1.70. The maximum Gasteiger partial charge on any atom is 0.306 e. The molecule has 0 radical (unpaired) electrons. The third-order valence-corrected chi connectivity index (χ3v) is 9.46. The van der Waals surface area contributed by atoms with E-state index < -0.39 is 46.9 Å². The number of carbonyl (C=O) groups is 4. The number of hydrogen-bond donors (Lipinski definition) is 1. The van der Waals surface area contributed by atoms with Crippen LogP contribution in [0.2, 0.25) is 0 Å². The highest BCUT2D eigenvalue weighted by molar-refractivity contribution is 6.01. The van der Waals surface area contributed by atoms with Crippen LogP contribution in [0.4, 0.5) is 0 Å². The van der Waals surface area contributed by atoms with Crippen LogP contribution < -0.4 is 0 Å². The average Bonchev–Trinajstić information content (AvgIpc) is 3.09. The molecule has 0 saturated heterocycles. The number of fused-ring (bicyclic) bond motifs is 5. The SMILES string of the molecule is CCCC(=O)O[C@]1(C(=O)COC(=O)CC)CC[C@H]2[C@@H]3CCC4=CC(=O)C=C[C@]4(C)[C@H]3C(O)C[C@@]21C. The zero-order chi connectivity index (χ0) is 25.6. The summed E-state index contributed by atoms with van der Waals surface area (Å²) in [6.45, 7) is 7.17. The predicted octanol–water partition coefficient (Wildman–Crippen LogP) is 3.87. The Morgan fingerprint density at radius 2 is 1.89 bits per heavy atom. The van der Waals surface area contributed by atoms with Crippen molar-refractivity contribution in [3.05, 3.63) is 23.8 Å². The van der Waals surface area contributed by atoms with E-state index in [1.54, 1.807) is 19.1 Å². The van der Waals surface area contributed by atoms with E-state index in [1.165, 1.54) is 0 Å². The van der Waals surface area contributed by atoms with E-state index in [-0.39, 0.29) is 36.4 Å². The van der Waals surface area contributed by atoms with Crippen LogP contribution in [0.1, 0.15) is 79.1 Å². The van der Waals surface area contributed by atoms with E-state index in [0.29, 0.717) is 25.7 Å². The fraction of sp³-hybridized carbons (Fsp3) is 0.714. The maximum absolute atomic E-state index is 13.7. The fourth-order valence-electron chi connectivity index (χ4n) is 7.81. The minimum atomic E-state index is -1.43. The van der Waals surface area contributed by atoms with E-state index in [0.717, 1.165) is 18.4 Å². The normalized spacial score (nSPS) is 39.7. The van der Waals surface area contributed by atoms with E-state index in [9.17, 15) is 24.3 Å². The Labute approximate surface area is 207 Å². The van der Waals surface area contributed by atoms with Gasteiger partial charge >= 0.3 is 11.9 Å². The highest BCUT2D eigenvalue weighted by Gasteiger charge is 2.70. The minimum absolute atomic E-state index is 0.0130.